The van der Waals surface area contributed by atoms with Crippen LogP contribution in [-0.4, -0.2) is 11.6 Å². The van der Waals surface area contributed by atoms with Crippen LogP contribution in [0, 0.1) is 5.82 Å². The van der Waals surface area contributed by atoms with Crippen molar-refractivity contribution in [3.8, 4) is 5.75 Å². The number of hydrogen-bond acceptors (Lipinski definition) is 3. The molecule has 4 heteroatoms. The van der Waals surface area contributed by atoms with Crippen LogP contribution in [0.5, 0.6) is 5.75 Å². The van der Waals surface area contributed by atoms with Crippen LogP contribution in [0.4, 0.5) is 4.39 Å². The molecule has 0 unspecified atom stereocenters. The SMILES string of the molecule is C[C@@H](N)c1ccc(F)cc1OCCc1ccncc1. The van der Waals surface area contributed by atoms with Gasteiger partial charge in [-0.1, -0.05) is 6.07 Å². The van der Waals surface area contributed by atoms with E-state index in [4.69, 9.17) is 10.5 Å². The van der Waals surface area contributed by atoms with Crippen molar-refractivity contribution in [2.75, 3.05) is 6.61 Å². The zero-order chi connectivity index (χ0) is 13.7. The van der Waals surface area contributed by atoms with Gasteiger partial charge in [-0.25, -0.2) is 4.39 Å². The first-order valence-corrected chi connectivity index (χ1v) is 6.23. The van der Waals surface area contributed by atoms with Gasteiger partial charge in [0.05, 0.1) is 6.61 Å². The molecule has 2 rings (SSSR count). The van der Waals surface area contributed by atoms with E-state index in [1.54, 1.807) is 18.5 Å². The van der Waals surface area contributed by atoms with Crippen LogP contribution >= 0.6 is 0 Å². The minimum atomic E-state index is -0.316. The van der Waals surface area contributed by atoms with Gasteiger partial charge < -0.3 is 10.5 Å². The molecule has 0 bridgehead atoms. The van der Waals surface area contributed by atoms with E-state index in [9.17, 15) is 4.39 Å². The second kappa shape index (κ2) is 6.29. The van der Waals surface area contributed by atoms with Crippen LogP contribution in [0.3, 0.4) is 0 Å². The van der Waals surface area contributed by atoms with Crippen LogP contribution in [0.25, 0.3) is 0 Å². The molecule has 100 valence electrons. The van der Waals surface area contributed by atoms with Crippen molar-refractivity contribution in [1.29, 1.82) is 0 Å². The molecule has 19 heavy (non-hydrogen) atoms. The number of pyridine rings is 1. The van der Waals surface area contributed by atoms with E-state index in [-0.39, 0.29) is 11.9 Å². The number of halogens is 1. The Bertz CT molecular complexity index is 529. The smallest absolute Gasteiger partial charge is 0.126 e. The minimum Gasteiger partial charge on any atom is -0.493 e. The lowest BCUT2D eigenvalue weighted by molar-refractivity contribution is 0.315. The summed E-state index contributed by atoms with van der Waals surface area (Å²) >= 11 is 0. The molecule has 1 aromatic carbocycles. The average Bonchev–Trinajstić information content (AvgIpc) is 2.39. The van der Waals surface area contributed by atoms with Gasteiger partial charge in [0.1, 0.15) is 11.6 Å². The van der Waals surface area contributed by atoms with Gasteiger partial charge in [0.2, 0.25) is 0 Å². The highest BCUT2D eigenvalue weighted by Gasteiger charge is 2.09. The highest BCUT2D eigenvalue weighted by Crippen LogP contribution is 2.24. The van der Waals surface area contributed by atoms with E-state index in [1.807, 2.05) is 19.1 Å². The van der Waals surface area contributed by atoms with Gasteiger partial charge in [0.25, 0.3) is 0 Å². The molecule has 2 N–H and O–H groups in total. The van der Waals surface area contributed by atoms with Crippen molar-refractivity contribution >= 4 is 0 Å². The van der Waals surface area contributed by atoms with Crippen molar-refractivity contribution in [2.45, 2.75) is 19.4 Å². The molecule has 1 heterocycles. The van der Waals surface area contributed by atoms with E-state index >= 15 is 0 Å². The molecule has 0 aliphatic carbocycles. The standard InChI is InChI=1S/C15H17FN2O/c1-11(17)14-3-2-13(16)10-15(14)19-9-6-12-4-7-18-8-5-12/h2-5,7-8,10-11H,6,9,17H2,1H3/t11-/m1/s1. The third-order valence-electron chi connectivity index (χ3n) is 2.86. The van der Waals surface area contributed by atoms with Crippen molar-refractivity contribution in [3.63, 3.8) is 0 Å². The Morgan fingerprint density at radius 1 is 1.26 bits per heavy atom. The van der Waals surface area contributed by atoms with Gasteiger partial charge in [-0.05, 0) is 30.7 Å². The Labute approximate surface area is 112 Å². The van der Waals surface area contributed by atoms with Crippen molar-refractivity contribution < 1.29 is 9.13 Å². The van der Waals surface area contributed by atoms with Crippen LogP contribution in [0.2, 0.25) is 0 Å². The largest absolute Gasteiger partial charge is 0.493 e. The Morgan fingerprint density at radius 2 is 2.00 bits per heavy atom. The van der Waals surface area contributed by atoms with Crippen molar-refractivity contribution in [2.24, 2.45) is 5.73 Å². The quantitative estimate of drug-likeness (QED) is 0.899. The van der Waals surface area contributed by atoms with Gasteiger partial charge in [-0.15, -0.1) is 0 Å². The molecule has 0 fully saturated rings. The van der Waals surface area contributed by atoms with E-state index in [0.29, 0.717) is 12.4 Å². The normalized spacial score (nSPS) is 12.2. The summed E-state index contributed by atoms with van der Waals surface area (Å²) in [6, 6.07) is 8.13. The molecule has 0 amide bonds. The van der Waals surface area contributed by atoms with E-state index < -0.39 is 0 Å². The summed E-state index contributed by atoms with van der Waals surface area (Å²) < 4.78 is 18.9. The second-order valence-corrected chi connectivity index (χ2v) is 4.42. The summed E-state index contributed by atoms with van der Waals surface area (Å²) in [5.74, 6) is 0.201. The molecule has 1 atom stereocenters. The van der Waals surface area contributed by atoms with E-state index in [2.05, 4.69) is 4.98 Å². The summed E-state index contributed by atoms with van der Waals surface area (Å²) in [7, 11) is 0. The van der Waals surface area contributed by atoms with Gasteiger partial charge in [-0.2, -0.15) is 0 Å². The average molecular weight is 260 g/mol. The highest BCUT2D eigenvalue weighted by atomic mass is 19.1. The van der Waals surface area contributed by atoms with Gasteiger partial charge in [-0.3, -0.25) is 4.98 Å². The molecule has 1 aromatic heterocycles. The molecule has 0 spiro atoms. The molecular weight excluding hydrogens is 243 g/mol. The Morgan fingerprint density at radius 3 is 2.68 bits per heavy atom. The lowest BCUT2D eigenvalue weighted by Crippen LogP contribution is -2.10. The summed E-state index contributed by atoms with van der Waals surface area (Å²) in [6.45, 7) is 2.33. The number of ether oxygens (including phenoxy) is 1. The topological polar surface area (TPSA) is 48.1 Å². The zero-order valence-corrected chi connectivity index (χ0v) is 10.8. The number of nitrogens with zero attached hydrogens (tertiary/aromatic N) is 1. The molecule has 0 saturated carbocycles. The minimum absolute atomic E-state index is 0.184. The third-order valence-corrected chi connectivity index (χ3v) is 2.86. The molecule has 0 aliphatic rings. The fourth-order valence-corrected chi connectivity index (χ4v) is 1.84. The number of aromatic nitrogens is 1. The fourth-order valence-electron chi connectivity index (χ4n) is 1.84. The maximum atomic E-state index is 13.2. The number of rotatable bonds is 5. The zero-order valence-electron chi connectivity index (χ0n) is 10.8. The second-order valence-electron chi connectivity index (χ2n) is 4.42. The van der Waals surface area contributed by atoms with Crippen molar-refractivity contribution in [3.05, 3.63) is 59.7 Å². The lowest BCUT2D eigenvalue weighted by atomic mass is 10.1. The lowest BCUT2D eigenvalue weighted by Gasteiger charge is -2.14. The number of benzene rings is 1. The fraction of sp³-hybridized carbons (Fsp3) is 0.267. The third kappa shape index (κ3) is 3.76. The summed E-state index contributed by atoms with van der Waals surface area (Å²) in [5.41, 5.74) is 7.79. The maximum absolute atomic E-state index is 13.2. The molecule has 3 nitrogen and oxygen atoms in total. The molecule has 0 aliphatic heterocycles. The Kier molecular flexibility index (Phi) is 4.47. The predicted molar refractivity (Wildman–Crippen MR) is 72.4 cm³/mol. The van der Waals surface area contributed by atoms with Gasteiger partial charge >= 0.3 is 0 Å². The van der Waals surface area contributed by atoms with E-state index in [0.717, 1.165) is 17.5 Å². The molecule has 2 aromatic rings. The summed E-state index contributed by atoms with van der Waals surface area (Å²) in [5, 5.41) is 0. The predicted octanol–water partition coefficient (Wildman–Crippen LogP) is 2.86. The number of nitrogens with two attached hydrogens (primary N) is 1. The Hall–Kier alpha value is -1.94. The maximum Gasteiger partial charge on any atom is 0.126 e. The monoisotopic (exact) mass is 260 g/mol. The van der Waals surface area contributed by atoms with Crippen LogP contribution in [0.15, 0.2) is 42.7 Å². The summed E-state index contributed by atoms with van der Waals surface area (Å²) in [4.78, 5) is 3.95. The molecule has 0 saturated heterocycles. The summed E-state index contributed by atoms with van der Waals surface area (Å²) in [6.07, 6.45) is 4.23. The number of hydrogen-bond donors (Lipinski definition) is 1. The molecular formula is C15H17FN2O. The van der Waals surface area contributed by atoms with Gasteiger partial charge in [0.15, 0.2) is 0 Å². The van der Waals surface area contributed by atoms with E-state index in [1.165, 1.54) is 12.1 Å². The first-order valence-electron chi connectivity index (χ1n) is 6.23. The van der Waals surface area contributed by atoms with Crippen LogP contribution < -0.4 is 10.5 Å². The van der Waals surface area contributed by atoms with Gasteiger partial charge in [0, 0.05) is 36.5 Å². The first kappa shape index (κ1) is 13.5. The highest BCUT2D eigenvalue weighted by molar-refractivity contribution is 5.36. The van der Waals surface area contributed by atoms with Crippen LogP contribution in [0.1, 0.15) is 24.1 Å². The first-order chi connectivity index (χ1) is 9.16. The van der Waals surface area contributed by atoms with Crippen LogP contribution in [-0.2, 0) is 6.42 Å². The molecule has 0 radical (unpaired) electrons. The Balaban J connectivity index is 2.01. The van der Waals surface area contributed by atoms with Crippen molar-refractivity contribution in [1.82, 2.24) is 4.98 Å².